The Kier molecular flexibility index (Phi) is 5.26. The van der Waals surface area contributed by atoms with Gasteiger partial charge in [-0.1, -0.05) is 19.8 Å². The highest BCUT2D eigenvalue weighted by molar-refractivity contribution is 5.10. The molecule has 1 aliphatic rings. The second kappa shape index (κ2) is 6.95. The molecule has 2 atom stereocenters. The van der Waals surface area contributed by atoms with Crippen molar-refractivity contribution >= 4 is 0 Å². The van der Waals surface area contributed by atoms with Gasteiger partial charge in [-0.05, 0) is 36.8 Å². The number of nitrogens with zero attached hydrogens (tertiary/aromatic N) is 1. The fourth-order valence-corrected chi connectivity index (χ4v) is 2.94. The molecule has 1 fully saturated rings. The molecule has 0 radical (unpaired) electrons. The molecular formula is C15H26N2O. The van der Waals surface area contributed by atoms with Gasteiger partial charge in [-0.15, -0.1) is 0 Å². The van der Waals surface area contributed by atoms with Crippen LogP contribution in [0.4, 0.5) is 0 Å². The van der Waals surface area contributed by atoms with Gasteiger partial charge >= 0.3 is 0 Å². The number of nitrogens with one attached hydrogen (secondary N) is 1. The summed E-state index contributed by atoms with van der Waals surface area (Å²) < 4.78 is 2.25. The number of aromatic nitrogens is 1. The minimum absolute atomic E-state index is 0.328. The van der Waals surface area contributed by atoms with E-state index < -0.39 is 0 Å². The summed E-state index contributed by atoms with van der Waals surface area (Å²) in [5.74, 6) is 0.455. The summed E-state index contributed by atoms with van der Waals surface area (Å²) in [6.45, 7) is 4.56. The number of hydrogen-bond acceptors (Lipinski definition) is 2. The highest BCUT2D eigenvalue weighted by Crippen LogP contribution is 2.24. The maximum atomic E-state index is 9.39. The largest absolute Gasteiger partial charge is 0.396 e. The molecule has 1 aromatic heterocycles. The van der Waals surface area contributed by atoms with Crippen LogP contribution < -0.4 is 5.32 Å². The normalized spacial score (nSPS) is 24.3. The van der Waals surface area contributed by atoms with Crippen molar-refractivity contribution in [1.82, 2.24) is 9.88 Å². The van der Waals surface area contributed by atoms with E-state index in [0.29, 0.717) is 18.6 Å². The molecule has 18 heavy (non-hydrogen) atoms. The molecule has 1 aromatic rings. The Balaban J connectivity index is 1.81. The van der Waals surface area contributed by atoms with Gasteiger partial charge in [0.05, 0.1) is 0 Å². The number of aliphatic hydroxyl groups excluding tert-OH is 1. The molecule has 0 bridgehead atoms. The quantitative estimate of drug-likeness (QED) is 0.814. The highest BCUT2D eigenvalue weighted by Gasteiger charge is 2.23. The van der Waals surface area contributed by atoms with E-state index in [9.17, 15) is 5.11 Å². The molecule has 0 saturated heterocycles. The summed E-state index contributed by atoms with van der Waals surface area (Å²) in [6.07, 6.45) is 10.5. The summed E-state index contributed by atoms with van der Waals surface area (Å²) >= 11 is 0. The zero-order chi connectivity index (χ0) is 12.8. The molecule has 2 rings (SSSR count). The molecule has 0 aliphatic heterocycles. The molecule has 2 unspecified atom stereocenters. The van der Waals surface area contributed by atoms with E-state index in [4.69, 9.17) is 0 Å². The summed E-state index contributed by atoms with van der Waals surface area (Å²) in [5.41, 5.74) is 1.35. The van der Waals surface area contributed by atoms with E-state index in [1.54, 1.807) is 0 Å². The van der Waals surface area contributed by atoms with Gasteiger partial charge in [0.25, 0.3) is 0 Å². The summed E-state index contributed by atoms with van der Waals surface area (Å²) in [5, 5.41) is 13.0. The van der Waals surface area contributed by atoms with Crippen molar-refractivity contribution < 1.29 is 5.11 Å². The number of hydrogen-bond donors (Lipinski definition) is 2. The van der Waals surface area contributed by atoms with Crippen LogP contribution in [0.2, 0.25) is 0 Å². The van der Waals surface area contributed by atoms with Crippen LogP contribution in [-0.4, -0.2) is 22.3 Å². The zero-order valence-corrected chi connectivity index (χ0v) is 11.4. The molecule has 0 aromatic carbocycles. The third-order valence-electron chi connectivity index (χ3n) is 4.01. The maximum Gasteiger partial charge on any atom is 0.0474 e. The van der Waals surface area contributed by atoms with Crippen molar-refractivity contribution in [2.24, 2.45) is 5.92 Å². The average Bonchev–Trinajstić information content (AvgIpc) is 2.85. The monoisotopic (exact) mass is 250 g/mol. The van der Waals surface area contributed by atoms with Gasteiger partial charge in [0.1, 0.15) is 0 Å². The topological polar surface area (TPSA) is 37.2 Å². The third-order valence-corrected chi connectivity index (χ3v) is 4.01. The molecule has 1 heterocycles. The lowest BCUT2D eigenvalue weighted by Gasteiger charge is -2.31. The Labute approximate surface area is 110 Å². The Bertz CT molecular complexity index is 348. The van der Waals surface area contributed by atoms with Crippen LogP contribution in [-0.2, 0) is 13.1 Å². The van der Waals surface area contributed by atoms with Gasteiger partial charge in [0, 0.05) is 38.1 Å². The van der Waals surface area contributed by atoms with Crippen molar-refractivity contribution in [3.8, 4) is 0 Å². The van der Waals surface area contributed by atoms with Crippen LogP contribution in [0.15, 0.2) is 18.5 Å². The van der Waals surface area contributed by atoms with Crippen molar-refractivity contribution in [2.45, 2.75) is 58.2 Å². The molecule has 0 amide bonds. The van der Waals surface area contributed by atoms with Crippen LogP contribution in [0.25, 0.3) is 0 Å². The van der Waals surface area contributed by atoms with Gasteiger partial charge in [0.15, 0.2) is 0 Å². The number of aryl methyl sites for hydroxylation is 1. The first-order chi connectivity index (χ1) is 8.83. The molecule has 102 valence electrons. The van der Waals surface area contributed by atoms with Gasteiger partial charge in [-0.25, -0.2) is 0 Å². The first-order valence-electron chi connectivity index (χ1n) is 7.32. The standard InChI is InChI=1S/C15H26N2O/c1-2-8-17-9-7-13(11-17)10-16-15-6-4-3-5-14(15)12-18/h7,9,11,14-16,18H,2-6,8,10,12H2,1H3. The third kappa shape index (κ3) is 3.59. The van der Waals surface area contributed by atoms with E-state index in [1.165, 1.54) is 37.7 Å². The number of rotatable bonds is 6. The predicted octanol–water partition coefficient (Wildman–Crippen LogP) is 2.54. The minimum atomic E-state index is 0.328. The van der Waals surface area contributed by atoms with E-state index in [-0.39, 0.29) is 0 Å². The zero-order valence-electron chi connectivity index (χ0n) is 11.4. The molecule has 3 nitrogen and oxygen atoms in total. The lowest BCUT2D eigenvalue weighted by Crippen LogP contribution is -2.39. The smallest absolute Gasteiger partial charge is 0.0474 e. The molecule has 2 N–H and O–H groups in total. The van der Waals surface area contributed by atoms with Crippen LogP contribution >= 0.6 is 0 Å². The SMILES string of the molecule is CCCn1ccc(CNC2CCCCC2CO)c1. The van der Waals surface area contributed by atoms with Gasteiger partial charge in [-0.2, -0.15) is 0 Å². The predicted molar refractivity (Wildman–Crippen MR) is 74.4 cm³/mol. The summed E-state index contributed by atoms with van der Waals surface area (Å²) in [6, 6.07) is 2.69. The van der Waals surface area contributed by atoms with E-state index >= 15 is 0 Å². The lowest BCUT2D eigenvalue weighted by molar-refractivity contribution is 0.152. The summed E-state index contributed by atoms with van der Waals surface area (Å²) in [7, 11) is 0. The van der Waals surface area contributed by atoms with Crippen molar-refractivity contribution in [1.29, 1.82) is 0 Å². The van der Waals surface area contributed by atoms with Crippen LogP contribution in [0.1, 0.15) is 44.6 Å². The fraction of sp³-hybridized carbons (Fsp3) is 0.733. The molecule has 0 spiro atoms. The minimum Gasteiger partial charge on any atom is -0.396 e. The highest BCUT2D eigenvalue weighted by atomic mass is 16.3. The van der Waals surface area contributed by atoms with Gasteiger partial charge in [0.2, 0.25) is 0 Å². The Morgan fingerprint density at radius 3 is 3.00 bits per heavy atom. The van der Waals surface area contributed by atoms with Crippen LogP contribution in [0.3, 0.4) is 0 Å². The fourth-order valence-electron chi connectivity index (χ4n) is 2.94. The second-order valence-corrected chi connectivity index (χ2v) is 5.47. The first-order valence-corrected chi connectivity index (χ1v) is 7.32. The number of aliphatic hydroxyl groups is 1. The van der Waals surface area contributed by atoms with Gasteiger partial charge in [-0.3, -0.25) is 0 Å². The van der Waals surface area contributed by atoms with Crippen molar-refractivity contribution in [2.75, 3.05) is 6.61 Å². The second-order valence-electron chi connectivity index (χ2n) is 5.47. The van der Waals surface area contributed by atoms with Crippen LogP contribution in [0, 0.1) is 5.92 Å². The van der Waals surface area contributed by atoms with Gasteiger partial charge < -0.3 is 15.0 Å². The Morgan fingerprint density at radius 2 is 2.22 bits per heavy atom. The lowest BCUT2D eigenvalue weighted by atomic mass is 9.85. The van der Waals surface area contributed by atoms with Crippen LogP contribution in [0.5, 0.6) is 0 Å². The molecular weight excluding hydrogens is 224 g/mol. The van der Waals surface area contributed by atoms with Crippen molar-refractivity contribution in [3.05, 3.63) is 24.0 Å². The summed E-state index contributed by atoms with van der Waals surface area (Å²) in [4.78, 5) is 0. The Hall–Kier alpha value is -0.800. The van der Waals surface area contributed by atoms with Crippen molar-refractivity contribution in [3.63, 3.8) is 0 Å². The average molecular weight is 250 g/mol. The molecule has 3 heteroatoms. The molecule has 1 saturated carbocycles. The van der Waals surface area contributed by atoms with E-state index in [0.717, 1.165) is 13.1 Å². The first kappa shape index (κ1) is 13.6. The maximum absolute atomic E-state index is 9.39. The Morgan fingerprint density at radius 1 is 1.39 bits per heavy atom. The van der Waals surface area contributed by atoms with E-state index in [2.05, 4.69) is 35.3 Å². The van der Waals surface area contributed by atoms with E-state index in [1.807, 2.05) is 0 Å². The molecule has 1 aliphatic carbocycles.